The summed E-state index contributed by atoms with van der Waals surface area (Å²) in [6.07, 6.45) is 1.46. The van der Waals surface area contributed by atoms with Gasteiger partial charge in [0.15, 0.2) is 0 Å². The lowest BCUT2D eigenvalue weighted by molar-refractivity contribution is 0.0600. The zero-order valence-corrected chi connectivity index (χ0v) is 14.2. The highest BCUT2D eigenvalue weighted by Gasteiger charge is 2.04. The first-order valence-electron chi connectivity index (χ1n) is 7.71. The third-order valence-electron chi connectivity index (χ3n) is 3.14. The van der Waals surface area contributed by atoms with Gasteiger partial charge < -0.3 is 19.9 Å². The van der Waals surface area contributed by atoms with E-state index in [2.05, 4.69) is 15.3 Å². The highest BCUT2D eigenvalue weighted by molar-refractivity contribution is 5.89. The van der Waals surface area contributed by atoms with Crippen LogP contribution in [0.2, 0.25) is 0 Å². The molecule has 0 heterocycles. The van der Waals surface area contributed by atoms with E-state index in [1.54, 1.807) is 48.5 Å². The highest BCUT2D eigenvalue weighted by atomic mass is 16.5. The van der Waals surface area contributed by atoms with Gasteiger partial charge in [-0.1, -0.05) is 12.1 Å². The van der Waals surface area contributed by atoms with Crippen LogP contribution in [0.1, 0.15) is 15.9 Å². The van der Waals surface area contributed by atoms with Crippen molar-refractivity contribution in [2.75, 3.05) is 20.3 Å². The molecule has 8 nitrogen and oxygen atoms in total. The molecule has 0 aliphatic rings. The Morgan fingerprint density at radius 1 is 1.08 bits per heavy atom. The van der Waals surface area contributed by atoms with Crippen molar-refractivity contribution in [3.63, 3.8) is 0 Å². The molecule has 0 saturated carbocycles. The van der Waals surface area contributed by atoms with Crippen molar-refractivity contribution in [3.8, 4) is 11.5 Å². The van der Waals surface area contributed by atoms with E-state index in [9.17, 15) is 9.59 Å². The molecule has 0 atom stereocenters. The van der Waals surface area contributed by atoms with E-state index >= 15 is 0 Å². The molecule has 0 radical (unpaired) electrons. The Bertz CT molecular complexity index is 775. The van der Waals surface area contributed by atoms with Gasteiger partial charge in [0.1, 0.15) is 24.7 Å². The van der Waals surface area contributed by atoms with Crippen LogP contribution in [-0.4, -0.2) is 38.5 Å². The SMILES string of the molecule is COC(=O)c1ccc(OCCOc2cccc(C=NNC(N)=O)c2)cc1. The average Bonchev–Trinajstić information content (AvgIpc) is 2.65. The van der Waals surface area contributed by atoms with Crippen molar-refractivity contribution in [1.82, 2.24) is 5.43 Å². The van der Waals surface area contributed by atoms with E-state index in [0.29, 0.717) is 30.3 Å². The van der Waals surface area contributed by atoms with Gasteiger partial charge in [-0.15, -0.1) is 0 Å². The number of esters is 1. The lowest BCUT2D eigenvalue weighted by Crippen LogP contribution is -2.24. The minimum Gasteiger partial charge on any atom is -0.490 e. The van der Waals surface area contributed by atoms with Crippen molar-refractivity contribution in [1.29, 1.82) is 0 Å². The van der Waals surface area contributed by atoms with Gasteiger partial charge in [-0.3, -0.25) is 0 Å². The molecule has 2 amide bonds. The number of carbonyl (C=O) groups excluding carboxylic acids is 2. The van der Waals surface area contributed by atoms with E-state index in [0.717, 1.165) is 5.56 Å². The molecule has 8 heteroatoms. The number of benzene rings is 2. The first kappa shape index (κ1) is 18.8. The first-order valence-corrected chi connectivity index (χ1v) is 7.71. The monoisotopic (exact) mass is 357 g/mol. The average molecular weight is 357 g/mol. The fourth-order valence-corrected chi connectivity index (χ4v) is 1.98. The van der Waals surface area contributed by atoms with Crippen molar-refractivity contribution in [2.45, 2.75) is 0 Å². The number of methoxy groups -OCH3 is 1. The van der Waals surface area contributed by atoms with Crippen LogP contribution >= 0.6 is 0 Å². The highest BCUT2D eigenvalue weighted by Crippen LogP contribution is 2.14. The molecule has 0 spiro atoms. The largest absolute Gasteiger partial charge is 0.490 e. The number of ether oxygens (including phenoxy) is 3. The Morgan fingerprint density at radius 2 is 1.77 bits per heavy atom. The fraction of sp³-hybridized carbons (Fsp3) is 0.167. The summed E-state index contributed by atoms with van der Waals surface area (Å²) in [5.41, 5.74) is 8.24. The van der Waals surface area contributed by atoms with Crippen molar-refractivity contribution < 1.29 is 23.8 Å². The number of urea groups is 1. The number of hydrogen-bond donors (Lipinski definition) is 2. The third-order valence-corrected chi connectivity index (χ3v) is 3.14. The summed E-state index contributed by atoms with van der Waals surface area (Å²) >= 11 is 0. The number of hydrazone groups is 1. The van der Waals surface area contributed by atoms with Crippen LogP contribution < -0.4 is 20.6 Å². The van der Waals surface area contributed by atoms with Crippen molar-refractivity contribution in [2.24, 2.45) is 10.8 Å². The predicted molar refractivity (Wildman–Crippen MR) is 95.5 cm³/mol. The second-order valence-electron chi connectivity index (χ2n) is 5.02. The minimum absolute atomic E-state index is 0.332. The Kier molecular flexibility index (Phi) is 6.99. The number of rotatable bonds is 8. The zero-order valence-electron chi connectivity index (χ0n) is 14.2. The third kappa shape index (κ3) is 6.16. The second kappa shape index (κ2) is 9.67. The van der Waals surface area contributed by atoms with E-state index in [4.69, 9.17) is 15.2 Å². The van der Waals surface area contributed by atoms with Crippen LogP contribution in [0.25, 0.3) is 0 Å². The maximum Gasteiger partial charge on any atom is 0.337 e. The van der Waals surface area contributed by atoms with Crippen molar-refractivity contribution >= 4 is 18.2 Å². The number of amides is 2. The molecule has 0 saturated heterocycles. The van der Waals surface area contributed by atoms with Gasteiger partial charge in [0.2, 0.25) is 0 Å². The topological polar surface area (TPSA) is 112 Å². The van der Waals surface area contributed by atoms with E-state index in [-0.39, 0.29) is 0 Å². The maximum atomic E-state index is 11.3. The van der Waals surface area contributed by atoms with Crippen LogP contribution in [-0.2, 0) is 4.74 Å². The summed E-state index contributed by atoms with van der Waals surface area (Å²) < 4.78 is 15.8. The molecule has 2 aromatic carbocycles. The van der Waals surface area contributed by atoms with Gasteiger partial charge in [0.05, 0.1) is 18.9 Å². The normalized spacial score (nSPS) is 10.3. The standard InChI is InChI=1S/C18H19N3O5/c1-24-17(22)14-5-7-15(8-6-14)25-9-10-26-16-4-2-3-13(11-16)12-20-21-18(19)23/h2-8,11-12H,9-10H2,1H3,(H3,19,21,23). The van der Waals surface area contributed by atoms with Gasteiger partial charge in [0, 0.05) is 0 Å². The minimum atomic E-state index is -0.731. The first-order chi connectivity index (χ1) is 12.6. The second-order valence-corrected chi connectivity index (χ2v) is 5.02. The van der Waals surface area contributed by atoms with Gasteiger partial charge in [-0.25, -0.2) is 15.0 Å². The summed E-state index contributed by atoms with van der Waals surface area (Å²) in [6.45, 7) is 0.665. The van der Waals surface area contributed by atoms with E-state index in [1.807, 2.05) is 0 Å². The molecule has 2 rings (SSSR count). The number of nitrogens with two attached hydrogens (primary N) is 1. The Balaban J connectivity index is 1.78. The Hall–Kier alpha value is -3.55. The summed E-state index contributed by atoms with van der Waals surface area (Å²) in [5, 5.41) is 3.68. The van der Waals surface area contributed by atoms with Gasteiger partial charge in [-0.05, 0) is 42.0 Å². The van der Waals surface area contributed by atoms with Crippen LogP contribution in [0.4, 0.5) is 4.79 Å². The molecule has 0 aliphatic carbocycles. The van der Waals surface area contributed by atoms with Crippen LogP contribution in [0, 0.1) is 0 Å². The Labute approximate surface area is 150 Å². The molecular formula is C18H19N3O5. The maximum absolute atomic E-state index is 11.3. The van der Waals surface area contributed by atoms with Crippen molar-refractivity contribution in [3.05, 3.63) is 59.7 Å². The lowest BCUT2D eigenvalue weighted by Gasteiger charge is -2.09. The lowest BCUT2D eigenvalue weighted by atomic mass is 10.2. The molecule has 0 unspecified atom stereocenters. The summed E-state index contributed by atoms with van der Waals surface area (Å²) in [4.78, 5) is 21.9. The molecule has 0 aromatic heterocycles. The summed E-state index contributed by atoms with van der Waals surface area (Å²) in [5.74, 6) is 0.867. The molecule has 0 aliphatic heterocycles. The fourth-order valence-electron chi connectivity index (χ4n) is 1.98. The molecule has 3 N–H and O–H groups in total. The molecular weight excluding hydrogens is 338 g/mol. The van der Waals surface area contributed by atoms with E-state index in [1.165, 1.54) is 13.3 Å². The molecule has 136 valence electrons. The smallest absolute Gasteiger partial charge is 0.337 e. The molecule has 2 aromatic rings. The van der Waals surface area contributed by atoms with Gasteiger partial charge >= 0.3 is 12.0 Å². The number of hydrogen-bond acceptors (Lipinski definition) is 6. The van der Waals surface area contributed by atoms with Gasteiger partial charge in [-0.2, -0.15) is 5.10 Å². The van der Waals surface area contributed by atoms with Crippen LogP contribution in [0.3, 0.4) is 0 Å². The van der Waals surface area contributed by atoms with Crippen LogP contribution in [0.5, 0.6) is 11.5 Å². The van der Waals surface area contributed by atoms with E-state index < -0.39 is 12.0 Å². The predicted octanol–water partition coefficient (Wildman–Crippen LogP) is 1.93. The quantitative estimate of drug-likeness (QED) is 0.324. The van der Waals surface area contributed by atoms with Crippen LogP contribution in [0.15, 0.2) is 53.6 Å². The summed E-state index contributed by atoms with van der Waals surface area (Å²) in [6, 6.07) is 13.1. The van der Waals surface area contributed by atoms with Gasteiger partial charge in [0.25, 0.3) is 0 Å². The molecule has 0 fully saturated rings. The number of carbonyl (C=O) groups is 2. The molecule has 26 heavy (non-hydrogen) atoms. The number of primary amides is 1. The molecule has 0 bridgehead atoms. The summed E-state index contributed by atoms with van der Waals surface area (Å²) in [7, 11) is 1.33. The zero-order chi connectivity index (χ0) is 18.8. The Morgan fingerprint density at radius 3 is 2.42 bits per heavy atom. The number of nitrogens with zero attached hydrogens (tertiary/aromatic N) is 1. The number of nitrogens with one attached hydrogen (secondary N) is 1.